The molecule has 2 unspecified atom stereocenters. The molecule has 0 aliphatic carbocycles. The van der Waals surface area contributed by atoms with Crippen LogP contribution in [0.25, 0.3) is 0 Å². The Hall–Kier alpha value is -3.23. The van der Waals surface area contributed by atoms with E-state index in [2.05, 4.69) is 10.1 Å². The fourth-order valence-corrected chi connectivity index (χ4v) is 3.77. The molecule has 1 aliphatic heterocycles. The second-order valence-corrected chi connectivity index (χ2v) is 8.86. The van der Waals surface area contributed by atoms with E-state index in [0.29, 0.717) is 19.5 Å². The van der Waals surface area contributed by atoms with Gasteiger partial charge in [0.15, 0.2) is 0 Å². The minimum atomic E-state index is -4.91. The van der Waals surface area contributed by atoms with E-state index in [4.69, 9.17) is 4.74 Å². The molecule has 2 atom stereocenters. The van der Waals surface area contributed by atoms with Gasteiger partial charge >= 0.3 is 12.5 Å². The van der Waals surface area contributed by atoms with E-state index >= 15 is 0 Å². The first-order valence-corrected chi connectivity index (χ1v) is 10.6. The summed E-state index contributed by atoms with van der Waals surface area (Å²) < 4.78 is 47.8. The predicted molar refractivity (Wildman–Crippen MR) is 116 cm³/mol. The van der Waals surface area contributed by atoms with Gasteiger partial charge in [-0.05, 0) is 44.9 Å². The van der Waals surface area contributed by atoms with Crippen LogP contribution in [-0.2, 0) is 4.74 Å². The Morgan fingerprint density at radius 3 is 2.27 bits per heavy atom. The number of rotatable bonds is 4. The van der Waals surface area contributed by atoms with Crippen LogP contribution >= 0.6 is 0 Å². The molecule has 1 aliphatic rings. The number of benzene rings is 2. The monoisotopic (exact) mass is 464 g/mol. The van der Waals surface area contributed by atoms with E-state index in [9.17, 15) is 22.8 Å². The quantitative estimate of drug-likeness (QED) is 0.683. The number of amides is 2. The maximum atomic E-state index is 12.9. The highest BCUT2D eigenvalue weighted by Gasteiger charge is 2.37. The van der Waals surface area contributed by atoms with Crippen LogP contribution in [0.5, 0.6) is 5.75 Å². The fourth-order valence-electron chi connectivity index (χ4n) is 3.77. The summed E-state index contributed by atoms with van der Waals surface area (Å²) >= 11 is 0. The van der Waals surface area contributed by atoms with Gasteiger partial charge < -0.3 is 19.7 Å². The number of carbonyl (C=O) groups excluding carboxylic acids is 2. The SMILES string of the molecule is CC(C)(C)OC(=O)N1CCC(NC(=O)c2ccccc2OC(F)(F)F)C(c2ccccc2)C1. The molecule has 2 amide bonds. The molecule has 0 bridgehead atoms. The number of hydrogen-bond acceptors (Lipinski definition) is 4. The first kappa shape index (κ1) is 24.4. The number of ether oxygens (including phenoxy) is 2. The van der Waals surface area contributed by atoms with E-state index in [1.54, 1.807) is 25.7 Å². The van der Waals surface area contributed by atoms with E-state index in [-0.39, 0.29) is 11.5 Å². The smallest absolute Gasteiger partial charge is 0.444 e. The molecule has 9 heteroatoms. The van der Waals surface area contributed by atoms with Gasteiger partial charge in [0.25, 0.3) is 5.91 Å². The number of nitrogens with one attached hydrogen (secondary N) is 1. The number of para-hydroxylation sites is 1. The van der Waals surface area contributed by atoms with Crippen LogP contribution < -0.4 is 10.1 Å². The second kappa shape index (κ2) is 9.72. The van der Waals surface area contributed by atoms with Gasteiger partial charge in [0.05, 0.1) is 5.56 Å². The highest BCUT2D eigenvalue weighted by molar-refractivity contribution is 5.97. The molecule has 1 heterocycles. The van der Waals surface area contributed by atoms with Crippen molar-refractivity contribution < 1.29 is 32.2 Å². The van der Waals surface area contributed by atoms with E-state index in [0.717, 1.165) is 11.6 Å². The second-order valence-electron chi connectivity index (χ2n) is 8.86. The lowest BCUT2D eigenvalue weighted by Crippen LogP contribution is -2.52. The zero-order valence-electron chi connectivity index (χ0n) is 18.7. The molecule has 0 saturated carbocycles. The molecule has 3 rings (SSSR count). The summed E-state index contributed by atoms with van der Waals surface area (Å²) in [4.78, 5) is 27.1. The number of alkyl halides is 3. The summed E-state index contributed by atoms with van der Waals surface area (Å²) in [6.45, 7) is 5.99. The number of halogens is 3. The number of carbonyl (C=O) groups is 2. The summed E-state index contributed by atoms with van der Waals surface area (Å²) in [7, 11) is 0. The first-order chi connectivity index (χ1) is 15.4. The minimum Gasteiger partial charge on any atom is -0.444 e. The molecular formula is C24H27F3N2O4. The van der Waals surface area contributed by atoms with Gasteiger partial charge in [0.1, 0.15) is 11.4 Å². The average molecular weight is 464 g/mol. The van der Waals surface area contributed by atoms with E-state index in [1.165, 1.54) is 18.2 Å². The largest absolute Gasteiger partial charge is 0.573 e. The lowest BCUT2D eigenvalue weighted by Gasteiger charge is -2.39. The van der Waals surface area contributed by atoms with Crippen molar-refractivity contribution in [1.29, 1.82) is 0 Å². The average Bonchev–Trinajstić information content (AvgIpc) is 2.72. The number of likely N-dealkylation sites (tertiary alicyclic amines) is 1. The molecule has 0 radical (unpaired) electrons. The van der Waals surface area contributed by atoms with Crippen LogP contribution in [0, 0.1) is 0 Å². The Morgan fingerprint density at radius 2 is 1.64 bits per heavy atom. The van der Waals surface area contributed by atoms with Gasteiger partial charge in [0, 0.05) is 25.0 Å². The lowest BCUT2D eigenvalue weighted by molar-refractivity contribution is -0.274. The summed E-state index contributed by atoms with van der Waals surface area (Å²) in [5.74, 6) is -1.51. The normalized spacial score (nSPS) is 19.0. The predicted octanol–water partition coefficient (Wildman–Crippen LogP) is 5.11. The van der Waals surface area contributed by atoms with Gasteiger partial charge in [-0.1, -0.05) is 42.5 Å². The Bertz CT molecular complexity index is 974. The van der Waals surface area contributed by atoms with E-state index < -0.39 is 35.8 Å². The van der Waals surface area contributed by atoms with Gasteiger partial charge in [-0.2, -0.15) is 0 Å². The molecule has 2 aromatic carbocycles. The molecule has 0 aromatic heterocycles. The van der Waals surface area contributed by atoms with Crippen molar-refractivity contribution in [3.8, 4) is 5.75 Å². The third-order valence-corrected chi connectivity index (χ3v) is 5.17. The van der Waals surface area contributed by atoms with Crippen LogP contribution in [0.4, 0.5) is 18.0 Å². The van der Waals surface area contributed by atoms with Crippen molar-refractivity contribution in [3.05, 3.63) is 65.7 Å². The summed E-state index contributed by atoms with van der Waals surface area (Å²) in [6, 6.07) is 14.2. The topological polar surface area (TPSA) is 67.9 Å². The third-order valence-electron chi connectivity index (χ3n) is 5.17. The Labute approximate surface area is 190 Å². The number of nitrogens with zero attached hydrogens (tertiary/aromatic N) is 1. The highest BCUT2D eigenvalue weighted by Crippen LogP contribution is 2.30. The number of hydrogen-bond donors (Lipinski definition) is 1. The van der Waals surface area contributed by atoms with Crippen molar-refractivity contribution in [2.75, 3.05) is 13.1 Å². The van der Waals surface area contributed by atoms with Crippen molar-refractivity contribution in [3.63, 3.8) is 0 Å². The van der Waals surface area contributed by atoms with Gasteiger partial charge in [-0.3, -0.25) is 4.79 Å². The van der Waals surface area contributed by atoms with Crippen molar-refractivity contribution in [2.45, 2.75) is 51.1 Å². The minimum absolute atomic E-state index is 0.212. The van der Waals surface area contributed by atoms with Gasteiger partial charge in [0.2, 0.25) is 0 Å². The zero-order valence-corrected chi connectivity index (χ0v) is 18.7. The molecule has 0 spiro atoms. The van der Waals surface area contributed by atoms with Crippen LogP contribution in [0.15, 0.2) is 54.6 Å². The third kappa shape index (κ3) is 6.87. The zero-order chi connectivity index (χ0) is 24.2. The standard InChI is InChI=1S/C24H27F3N2O4/c1-23(2,3)33-22(31)29-14-13-19(18(15-29)16-9-5-4-6-10-16)28-21(30)17-11-7-8-12-20(17)32-24(25,26)27/h4-12,18-19H,13-15H2,1-3H3,(H,28,30). The maximum Gasteiger partial charge on any atom is 0.573 e. The van der Waals surface area contributed by atoms with Crippen LogP contribution in [-0.4, -0.2) is 48.0 Å². The van der Waals surface area contributed by atoms with Crippen LogP contribution in [0.2, 0.25) is 0 Å². The van der Waals surface area contributed by atoms with Crippen molar-refractivity contribution in [1.82, 2.24) is 10.2 Å². The summed E-state index contributed by atoms with van der Waals surface area (Å²) in [5.41, 5.74) is 0.0409. The van der Waals surface area contributed by atoms with Crippen LogP contribution in [0.1, 0.15) is 49.0 Å². The molecule has 1 fully saturated rings. The van der Waals surface area contributed by atoms with Crippen LogP contribution in [0.3, 0.4) is 0 Å². The molecule has 33 heavy (non-hydrogen) atoms. The van der Waals surface area contributed by atoms with Crippen molar-refractivity contribution >= 4 is 12.0 Å². The number of piperidine rings is 1. The molecule has 1 saturated heterocycles. The first-order valence-electron chi connectivity index (χ1n) is 10.6. The Balaban J connectivity index is 1.81. The maximum absolute atomic E-state index is 12.9. The van der Waals surface area contributed by atoms with Gasteiger partial charge in [-0.25, -0.2) is 4.79 Å². The molecule has 6 nitrogen and oxygen atoms in total. The van der Waals surface area contributed by atoms with Gasteiger partial charge in [-0.15, -0.1) is 13.2 Å². The summed E-state index contributed by atoms with van der Waals surface area (Å²) in [5, 5.41) is 2.85. The Kier molecular flexibility index (Phi) is 7.19. The van der Waals surface area contributed by atoms with E-state index in [1.807, 2.05) is 30.3 Å². The summed E-state index contributed by atoms with van der Waals surface area (Å²) in [6.07, 6.45) is -4.95. The lowest BCUT2D eigenvalue weighted by atomic mass is 9.86. The molecule has 1 N–H and O–H groups in total. The van der Waals surface area contributed by atoms with Crippen molar-refractivity contribution in [2.24, 2.45) is 0 Å². The molecular weight excluding hydrogens is 437 g/mol. The highest BCUT2D eigenvalue weighted by atomic mass is 19.4. The fraction of sp³-hybridized carbons (Fsp3) is 0.417. The molecule has 2 aromatic rings. The molecule has 178 valence electrons. The Morgan fingerprint density at radius 1 is 1.00 bits per heavy atom.